The molecule has 1 aliphatic heterocycles. The molecule has 2 N–H and O–H groups in total. The fourth-order valence-electron chi connectivity index (χ4n) is 2.04. The lowest BCUT2D eigenvalue weighted by Crippen LogP contribution is -2.38. The van der Waals surface area contributed by atoms with Crippen LogP contribution >= 0.6 is 0 Å². The summed E-state index contributed by atoms with van der Waals surface area (Å²) in [6.07, 6.45) is 0. The maximum Gasteiger partial charge on any atom is 0.329 e. The van der Waals surface area contributed by atoms with E-state index in [0.717, 1.165) is 22.2 Å². The highest BCUT2D eigenvalue weighted by Gasteiger charge is 2.25. The smallest absolute Gasteiger partial charge is 0.329 e. The fourth-order valence-corrected chi connectivity index (χ4v) is 2.04. The number of benzene rings is 2. The van der Waals surface area contributed by atoms with Gasteiger partial charge in [-0.05, 0) is 11.5 Å². The first-order valence-corrected chi connectivity index (χ1v) is 5.39. The lowest BCUT2D eigenvalue weighted by Gasteiger charge is -2.25. The number of fused-ring (bicyclic) bond motifs is 3. The molecular weight excluding hydrogens is 218 g/mol. The van der Waals surface area contributed by atoms with Crippen molar-refractivity contribution >= 4 is 22.4 Å². The van der Waals surface area contributed by atoms with Crippen molar-refractivity contribution < 1.29 is 14.6 Å². The van der Waals surface area contributed by atoms with Crippen LogP contribution in [0, 0.1) is 0 Å². The van der Waals surface area contributed by atoms with Gasteiger partial charge in [-0.2, -0.15) is 0 Å². The Morgan fingerprint density at radius 3 is 2.94 bits per heavy atom. The van der Waals surface area contributed by atoms with E-state index in [2.05, 4.69) is 5.32 Å². The van der Waals surface area contributed by atoms with Gasteiger partial charge in [0, 0.05) is 5.39 Å². The molecule has 1 aliphatic rings. The van der Waals surface area contributed by atoms with E-state index in [4.69, 9.17) is 9.84 Å². The Hall–Kier alpha value is -2.23. The topological polar surface area (TPSA) is 58.6 Å². The van der Waals surface area contributed by atoms with Crippen LogP contribution in [0.2, 0.25) is 0 Å². The first-order valence-electron chi connectivity index (χ1n) is 5.39. The average molecular weight is 229 g/mol. The number of ether oxygens (including phenoxy) is 1. The molecule has 0 spiro atoms. The molecule has 0 radical (unpaired) electrons. The molecular formula is C13H11NO3. The van der Waals surface area contributed by atoms with Crippen molar-refractivity contribution in [3.63, 3.8) is 0 Å². The van der Waals surface area contributed by atoms with Crippen LogP contribution < -0.4 is 10.1 Å². The molecule has 0 bridgehead atoms. The van der Waals surface area contributed by atoms with Crippen LogP contribution in [-0.2, 0) is 4.79 Å². The van der Waals surface area contributed by atoms with Crippen LogP contribution in [0.5, 0.6) is 5.75 Å². The third kappa shape index (κ3) is 1.58. The van der Waals surface area contributed by atoms with Crippen LogP contribution in [-0.4, -0.2) is 23.7 Å². The largest absolute Gasteiger partial charge is 0.488 e. The summed E-state index contributed by atoms with van der Waals surface area (Å²) in [4.78, 5) is 10.9. The summed E-state index contributed by atoms with van der Waals surface area (Å²) in [5.74, 6) is -0.163. The summed E-state index contributed by atoms with van der Waals surface area (Å²) in [5, 5.41) is 14.0. The summed E-state index contributed by atoms with van der Waals surface area (Å²) in [6, 6.07) is 11.0. The Morgan fingerprint density at radius 2 is 2.12 bits per heavy atom. The molecule has 0 aromatic heterocycles. The Kier molecular flexibility index (Phi) is 2.14. The summed E-state index contributed by atoms with van der Waals surface area (Å²) in [7, 11) is 0. The van der Waals surface area contributed by atoms with Crippen molar-refractivity contribution in [3.05, 3.63) is 36.4 Å². The van der Waals surface area contributed by atoms with Gasteiger partial charge in [0.15, 0.2) is 6.04 Å². The molecule has 0 fully saturated rings. The molecule has 3 rings (SSSR count). The highest BCUT2D eigenvalue weighted by Crippen LogP contribution is 2.36. The molecule has 2 aromatic carbocycles. The van der Waals surface area contributed by atoms with Gasteiger partial charge in [-0.3, -0.25) is 0 Å². The van der Waals surface area contributed by atoms with Crippen molar-refractivity contribution in [1.29, 1.82) is 0 Å². The minimum atomic E-state index is -0.899. The molecule has 0 saturated heterocycles. The Morgan fingerprint density at radius 1 is 1.29 bits per heavy atom. The first kappa shape index (κ1) is 9.96. The van der Waals surface area contributed by atoms with Gasteiger partial charge >= 0.3 is 5.97 Å². The standard InChI is InChI=1S/C13H11NO3/c15-13(16)11-7-17-12-9-4-2-1-3-8(9)5-6-10(12)14-11/h1-6,11,14H,7H2,(H,15,16). The van der Waals surface area contributed by atoms with Gasteiger partial charge in [0.2, 0.25) is 0 Å². The second kappa shape index (κ2) is 3.66. The highest BCUT2D eigenvalue weighted by molar-refractivity contribution is 5.95. The zero-order valence-corrected chi connectivity index (χ0v) is 9.01. The quantitative estimate of drug-likeness (QED) is 0.786. The number of nitrogens with one attached hydrogen (secondary N) is 1. The molecule has 1 unspecified atom stereocenters. The minimum Gasteiger partial charge on any atom is -0.488 e. The molecule has 4 heteroatoms. The zero-order chi connectivity index (χ0) is 11.8. The van der Waals surface area contributed by atoms with Crippen LogP contribution in [0.4, 0.5) is 5.69 Å². The molecule has 1 heterocycles. The van der Waals surface area contributed by atoms with Crippen LogP contribution in [0.15, 0.2) is 36.4 Å². The van der Waals surface area contributed by atoms with Crippen LogP contribution in [0.25, 0.3) is 10.8 Å². The molecule has 17 heavy (non-hydrogen) atoms. The number of rotatable bonds is 1. The lowest BCUT2D eigenvalue weighted by molar-refractivity contribution is -0.138. The summed E-state index contributed by atoms with van der Waals surface area (Å²) in [5.41, 5.74) is 0.738. The summed E-state index contributed by atoms with van der Waals surface area (Å²) in [6.45, 7) is 0.149. The number of anilines is 1. The average Bonchev–Trinajstić information content (AvgIpc) is 2.38. The van der Waals surface area contributed by atoms with Crippen molar-refractivity contribution in [1.82, 2.24) is 0 Å². The summed E-state index contributed by atoms with van der Waals surface area (Å²) >= 11 is 0. The van der Waals surface area contributed by atoms with E-state index in [1.807, 2.05) is 36.4 Å². The molecule has 0 saturated carbocycles. The molecule has 4 nitrogen and oxygen atoms in total. The maximum absolute atomic E-state index is 10.9. The predicted molar refractivity (Wildman–Crippen MR) is 64.5 cm³/mol. The minimum absolute atomic E-state index is 0.149. The van der Waals surface area contributed by atoms with Gasteiger partial charge in [-0.1, -0.05) is 30.3 Å². The van der Waals surface area contributed by atoms with Crippen LogP contribution in [0.1, 0.15) is 0 Å². The van der Waals surface area contributed by atoms with Crippen molar-refractivity contribution in [2.45, 2.75) is 6.04 Å². The van der Waals surface area contributed by atoms with Crippen molar-refractivity contribution in [2.24, 2.45) is 0 Å². The number of carboxylic acid groups (broad SMARTS) is 1. The third-order valence-electron chi connectivity index (χ3n) is 2.90. The SMILES string of the molecule is O=C(O)C1COc2c(ccc3ccccc23)N1. The van der Waals surface area contributed by atoms with Gasteiger partial charge in [0.1, 0.15) is 12.4 Å². The molecule has 0 aliphatic carbocycles. The van der Waals surface area contributed by atoms with Crippen molar-refractivity contribution in [3.8, 4) is 5.75 Å². The fraction of sp³-hybridized carbons (Fsp3) is 0.154. The van der Waals surface area contributed by atoms with Crippen LogP contribution in [0.3, 0.4) is 0 Å². The Labute approximate surface area is 97.8 Å². The normalized spacial score (nSPS) is 18.0. The van der Waals surface area contributed by atoms with E-state index in [9.17, 15) is 4.79 Å². The van der Waals surface area contributed by atoms with E-state index < -0.39 is 12.0 Å². The lowest BCUT2D eigenvalue weighted by atomic mass is 10.1. The van der Waals surface area contributed by atoms with Crippen molar-refractivity contribution in [2.75, 3.05) is 11.9 Å². The van der Waals surface area contributed by atoms with Gasteiger partial charge in [-0.15, -0.1) is 0 Å². The number of carboxylic acids is 1. The van der Waals surface area contributed by atoms with E-state index in [1.165, 1.54) is 0 Å². The van der Waals surface area contributed by atoms with Gasteiger partial charge in [0.25, 0.3) is 0 Å². The van der Waals surface area contributed by atoms with E-state index in [1.54, 1.807) is 0 Å². The number of carbonyl (C=O) groups is 1. The zero-order valence-electron chi connectivity index (χ0n) is 9.01. The number of hydrogen-bond donors (Lipinski definition) is 2. The van der Waals surface area contributed by atoms with Gasteiger partial charge in [-0.25, -0.2) is 4.79 Å². The van der Waals surface area contributed by atoms with E-state index in [-0.39, 0.29) is 6.61 Å². The van der Waals surface area contributed by atoms with E-state index >= 15 is 0 Å². The first-order chi connectivity index (χ1) is 8.25. The molecule has 0 amide bonds. The summed E-state index contributed by atoms with van der Waals surface area (Å²) < 4.78 is 5.57. The second-order valence-electron chi connectivity index (χ2n) is 4.01. The molecule has 1 atom stereocenters. The molecule has 2 aromatic rings. The second-order valence-corrected chi connectivity index (χ2v) is 4.01. The Bertz CT molecular complexity index is 594. The highest BCUT2D eigenvalue weighted by atomic mass is 16.5. The number of aliphatic carboxylic acids is 1. The van der Waals surface area contributed by atoms with Gasteiger partial charge < -0.3 is 15.2 Å². The van der Waals surface area contributed by atoms with Gasteiger partial charge in [0.05, 0.1) is 5.69 Å². The predicted octanol–water partition coefficient (Wildman–Crippen LogP) is 2.10. The monoisotopic (exact) mass is 229 g/mol. The third-order valence-corrected chi connectivity index (χ3v) is 2.90. The number of hydrogen-bond acceptors (Lipinski definition) is 3. The molecule has 86 valence electrons. The maximum atomic E-state index is 10.9. The Balaban J connectivity index is 2.11. The van der Waals surface area contributed by atoms with E-state index in [0.29, 0.717) is 0 Å².